The molecule has 0 unspecified atom stereocenters. The van der Waals surface area contributed by atoms with Gasteiger partial charge in [-0.3, -0.25) is 4.79 Å². The van der Waals surface area contributed by atoms with Crippen LogP contribution in [0.4, 0.5) is 5.69 Å². The number of rotatable bonds is 7. The van der Waals surface area contributed by atoms with Crippen LogP contribution in [-0.4, -0.2) is 31.5 Å². The second-order valence-electron chi connectivity index (χ2n) is 4.98. The zero-order valence-corrected chi connectivity index (χ0v) is 16.1. The molecule has 0 atom stereocenters. The molecule has 1 amide bonds. The van der Waals surface area contributed by atoms with Crippen LogP contribution < -0.4 is 10.1 Å². The Morgan fingerprint density at radius 1 is 1.39 bits per heavy atom. The Balaban J connectivity index is 1.83. The Hall–Kier alpha value is -1.24. The van der Waals surface area contributed by atoms with Crippen LogP contribution in [0, 0.1) is 0 Å². The van der Waals surface area contributed by atoms with Gasteiger partial charge in [-0.05, 0) is 46.3 Å². The van der Waals surface area contributed by atoms with E-state index in [2.05, 4.69) is 21.2 Å². The third kappa shape index (κ3) is 5.41. The largest absolute Gasteiger partial charge is 0.495 e. The first-order chi connectivity index (χ1) is 11.0. The zero-order valence-electron chi connectivity index (χ0n) is 12.9. The quantitative estimate of drug-likeness (QED) is 0.714. The molecule has 124 valence electrons. The second kappa shape index (κ2) is 8.57. The monoisotopic (exact) mass is 416 g/mol. The van der Waals surface area contributed by atoms with Gasteiger partial charge in [-0.1, -0.05) is 11.6 Å². The molecule has 23 heavy (non-hydrogen) atoms. The molecule has 0 aliphatic rings. The summed E-state index contributed by atoms with van der Waals surface area (Å²) in [6, 6.07) is 9.37. The molecule has 1 aromatic heterocycles. The molecule has 0 saturated carbocycles. The van der Waals surface area contributed by atoms with E-state index in [9.17, 15) is 4.79 Å². The maximum absolute atomic E-state index is 12.2. The number of thiophene rings is 1. The van der Waals surface area contributed by atoms with Crippen molar-refractivity contribution in [2.24, 2.45) is 0 Å². The van der Waals surface area contributed by atoms with Gasteiger partial charge in [-0.15, -0.1) is 11.3 Å². The number of hydrogen-bond donors (Lipinski definition) is 1. The van der Waals surface area contributed by atoms with Crippen LogP contribution in [-0.2, 0) is 11.3 Å². The number of halogens is 2. The summed E-state index contributed by atoms with van der Waals surface area (Å²) in [6.07, 6.45) is 0.402. The summed E-state index contributed by atoms with van der Waals surface area (Å²) < 4.78 is 6.34. The fourth-order valence-corrected chi connectivity index (χ4v) is 3.78. The summed E-state index contributed by atoms with van der Waals surface area (Å²) in [5.74, 6) is 0.793. The third-order valence-electron chi connectivity index (χ3n) is 3.26. The Kier molecular flexibility index (Phi) is 6.74. The molecule has 4 nitrogen and oxygen atoms in total. The summed E-state index contributed by atoms with van der Waals surface area (Å²) in [5.41, 5.74) is 0.789. The number of anilines is 1. The lowest BCUT2D eigenvalue weighted by Gasteiger charge is -2.17. The molecule has 0 aliphatic heterocycles. The van der Waals surface area contributed by atoms with Gasteiger partial charge in [-0.25, -0.2) is 0 Å². The highest BCUT2D eigenvalue weighted by atomic mass is 79.9. The molecule has 0 radical (unpaired) electrons. The number of carbonyl (C=O) groups is 1. The predicted octanol–water partition coefficient (Wildman–Crippen LogP) is 4.63. The Morgan fingerprint density at radius 3 is 2.83 bits per heavy atom. The van der Waals surface area contributed by atoms with Crippen LogP contribution in [0.2, 0.25) is 5.02 Å². The number of nitrogens with one attached hydrogen (secondary N) is 1. The number of hydrogen-bond acceptors (Lipinski definition) is 4. The van der Waals surface area contributed by atoms with E-state index in [1.165, 1.54) is 0 Å². The van der Waals surface area contributed by atoms with Gasteiger partial charge >= 0.3 is 0 Å². The van der Waals surface area contributed by atoms with E-state index in [-0.39, 0.29) is 5.91 Å². The summed E-state index contributed by atoms with van der Waals surface area (Å²) in [7, 11) is 3.42. The molecule has 2 aromatic rings. The maximum atomic E-state index is 12.2. The topological polar surface area (TPSA) is 41.6 Å². The van der Waals surface area contributed by atoms with E-state index in [1.807, 2.05) is 19.2 Å². The van der Waals surface area contributed by atoms with Crippen LogP contribution in [0.25, 0.3) is 0 Å². The van der Waals surface area contributed by atoms with Gasteiger partial charge in [0.1, 0.15) is 5.75 Å². The van der Waals surface area contributed by atoms with Crippen molar-refractivity contribution in [1.29, 1.82) is 0 Å². The summed E-state index contributed by atoms with van der Waals surface area (Å²) in [6.45, 7) is 1.14. The Bertz CT molecular complexity index is 678. The number of carbonyl (C=O) groups excluding carboxylic acids is 1. The normalized spacial score (nSPS) is 10.4. The molecule has 0 aliphatic carbocycles. The van der Waals surface area contributed by atoms with Crippen molar-refractivity contribution in [1.82, 2.24) is 4.90 Å². The number of amides is 1. The smallest absolute Gasteiger partial charge is 0.224 e. The molecule has 0 spiro atoms. The lowest BCUT2D eigenvalue weighted by Crippen LogP contribution is -2.27. The molecular formula is C16H18BrClN2O2S. The number of methoxy groups -OCH3 is 1. The van der Waals surface area contributed by atoms with E-state index in [4.69, 9.17) is 16.3 Å². The van der Waals surface area contributed by atoms with Crippen molar-refractivity contribution in [3.8, 4) is 5.75 Å². The third-order valence-corrected chi connectivity index (χ3v) is 5.11. The first-order valence-electron chi connectivity index (χ1n) is 7.05. The SMILES string of the molecule is COc1ccc(Cl)cc1NCCC(=O)N(C)Cc1ccc(Br)s1. The molecule has 0 fully saturated rings. The Morgan fingerprint density at radius 2 is 2.17 bits per heavy atom. The average Bonchev–Trinajstić information content (AvgIpc) is 2.92. The lowest BCUT2D eigenvalue weighted by molar-refractivity contribution is -0.130. The molecular weight excluding hydrogens is 400 g/mol. The van der Waals surface area contributed by atoms with Crippen LogP contribution in [0.3, 0.4) is 0 Å². The van der Waals surface area contributed by atoms with E-state index in [0.29, 0.717) is 30.3 Å². The fraction of sp³-hybridized carbons (Fsp3) is 0.312. The summed E-state index contributed by atoms with van der Waals surface area (Å²) in [4.78, 5) is 15.1. The van der Waals surface area contributed by atoms with E-state index >= 15 is 0 Å². The van der Waals surface area contributed by atoms with Crippen LogP contribution in [0.15, 0.2) is 34.1 Å². The van der Waals surface area contributed by atoms with E-state index < -0.39 is 0 Å². The Labute approximate surface area is 153 Å². The lowest BCUT2D eigenvalue weighted by atomic mass is 10.2. The van der Waals surface area contributed by atoms with Gasteiger partial charge in [0.25, 0.3) is 0 Å². The van der Waals surface area contributed by atoms with E-state index in [1.54, 1.807) is 41.5 Å². The van der Waals surface area contributed by atoms with Gasteiger partial charge in [-0.2, -0.15) is 0 Å². The maximum Gasteiger partial charge on any atom is 0.224 e. The highest BCUT2D eigenvalue weighted by molar-refractivity contribution is 9.11. The van der Waals surface area contributed by atoms with Crippen LogP contribution in [0.1, 0.15) is 11.3 Å². The first-order valence-corrected chi connectivity index (χ1v) is 9.04. The van der Waals surface area contributed by atoms with Gasteiger partial charge < -0.3 is 15.0 Å². The van der Waals surface area contributed by atoms with Crippen LogP contribution >= 0.6 is 38.9 Å². The number of ether oxygens (including phenoxy) is 1. The van der Waals surface area contributed by atoms with Crippen molar-refractivity contribution in [3.63, 3.8) is 0 Å². The van der Waals surface area contributed by atoms with Gasteiger partial charge in [0.15, 0.2) is 0 Å². The number of nitrogens with zero attached hydrogens (tertiary/aromatic N) is 1. The molecule has 1 N–H and O–H groups in total. The molecule has 7 heteroatoms. The molecule has 0 bridgehead atoms. The number of benzene rings is 1. The molecule has 1 aromatic carbocycles. The van der Waals surface area contributed by atoms with Crippen molar-refractivity contribution in [2.75, 3.05) is 26.0 Å². The summed E-state index contributed by atoms with van der Waals surface area (Å²) >= 11 is 11.0. The van der Waals surface area contributed by atoms with Crippen molar-refractivity contribution >= 4 is 50.5 Å². The van der Waals surface area contributed by atoms with Gasteiger partial charge in [0, 0.05) is 29.9 Å². The minimum absolute atomic E-state index is 0.0861. The minimum atomic E-state index is 0.0861. The first kappa shape index (κ1) is 18.1. The van der Waals surface area contributed by atoms with E-state index in [0.717, 1.165) is 14.4 Å². The minimum Gasteiger partial charge on any atom is -0.495 e. The van der Waals surface area contributed by atoms with Gasteiger partial charge in [0.2, 0.25) is 5.91 Å². The van der Waals surface area contributed by atoms with Crippen LogP contribution in [0.5, 0.6) is 5.75 Å². The standard InChI is InChI=1S/C16H18BrClN2O2S/c1-20(10-12-4-6-15(17)23-12)16(21)7-8-19-13-9-11(18)3-5-14(13)22-2/h3-6,9,19H,7-8,10H2,1-2H3. The molecule has 1 heterocycles. The average molecular weight is 418 g/mol. The zero-order chi connectivity index (χ0) is 16.8. The molecule has 2 rings (SSSR count). The van der Waals surface area contributed by atoms with Crippen molar-refractivity contribution in [3.05, 3.63) is 44.0 Å². The highest BCUT2D eigenvalue weighted by Crippen LogP contribution is 2.27. The van der Waals surface area contributed by atoms with Crippen molar-refractivity contribution in [2.45, 2.75) is 13.0 Å². The molecule has 0 saturated heterocycles. The predicted molar refractivity (Wildman–Crippen MR) is 99.6 cm³/mol. The second-order valence-corrected chi connectivity index (χ2v) is 7.96. The fourth-order valence-electron chi connectivity index (χ4n) is 2.07. The van der Waals surface area contributed by atoms with Gasteiger partial charge in [0.05, 0.1) is 23.1 Å². The highest BCUT2D eigenvalue weighted by Gasteiger charge is 2.11. The summed E-state index contributed by atoms with van der Waals surface area (Å²) in [5, 5.41) is 3.82. The van der Waals surface area contributed by atoms with Crippen molar-refractivity contribution < 1.29 is 9.53 Å².